The molecule has 1 aromatic rings. The molecule has 0 spiro atoms. The fourth-order valence-electron chi connectivity index (χ4n) is 1.85. The number of benzene rings is 1. The van der Waals surface area contributed by atoms with Gasteiger partial charge in [0, 0.05) is 18.7 Å². The first-order valence-corrected chi connectivity index (χ1v) is 7.27. The van der Waals surface area contributed by atoms with Crippen molar-refractivity contribution in [2.75, 3.05) is 27.3 Å². The number of methoxy groups -OCH3 is 1. The van der Waals surface area contributed by atoms with Crippen LogP contribution >= 0.6 is 0 Å². The molecule has 2 N–H and O–H groups in total. The predicted molar refractivity (Wildman–Crippen MR) is 83.7 cm³/mol. The van der Waals surface area contributed by atoms with Crippen LogP contribution in [0.4, 0.5) is 0 Å². The van der Waals surface area contributed by atoms with Crippen molar-refractivity contribution in [3.05, 3.63) is 23.8 Å². The molecule has 1 amide bonds. The summed E-state index contributed by atoms with van der Waals surface area (Å²) in [5.74, 6) is 1.95. The number of nitrogens with one attached hydrogen (secondary N) is 2. The van der Waals surface area contributed by atoms with Crippen molar-refractivity contribution in [1.82, 2.24) is 10.6 Å². The van der Waals surface area contributed by atoms with Gasteiger partial charge in [-0.2, -0.15) is 0 Å². The molecule has 0 saturated heterocycles. The van der Waals surface area contributed by atoms with E-state index in [0.29, 0.717) is 24.8 Å². The Bertz CT molecular complexity index is 447. The lowest BCUT2D eigenvalue weighted by Gasteiger charge is -2.13. The molecule has 0 fully saturated rings. The number of ether oxygens (including phenoxy) is 2. The van der Waals surface area contributed by atoms with E-state index in [1.165, 1.54) is 0 Å². The van der Waals surface area contributed by atoms with E-state index < -0.39 is 0 Å². The smallest absolute Gasteiger partial charge is 0.257 e. The molecule has 0 aliphatic carbocycles. The summed E-state index contributed by atoms with van der Waals surface area (Å²) in [5, 5.41) is 5.93. The van der Waals surface area contributed by atoms with Crippen LogP contribution in [0.15, 0.2) is 18.2 Å². The van der Waals surface area contributed by atoms with E-state index in [0.717, 1.165) is 17.7 Å². The van der Waals surface area contributed by atoms with Crippen LogP contribution in [-0.4, -0.2) is 33.2 Å². The zero-order valence-electron chi connectivity index (χ0n) is 13.4. The van der Waals surface area contributed by atoms with E-state index in [-0.39, 0.29) is 12.5 Å². The van der Waals surface area contributed by atoms with Gasteiger partial charge in [0.2, 0.25) is 0 Å². The number of hydrogen-bond donors (Lipinski definition) is 2. The van der Waals surface area contributed by atoms with E-state index in [1.54, 1.807) is 7.11 Å². The highest BCUT2D eigenvalue weighted by molar-refractivity contribution is 5.77. The van der Waals surface area contributed by atoms with Crippen LogP contribution in [-0.2, 0) is 11.3 Å². The molecule has 0 aromatic heterocycles. The Morgan fingerprint density at radius 1 is 1.33 bits per heavy atom. The van der Waals surface area contributed by atoms with E-state index in [1.807, 2.05) is 25.2 Å². The average Bonchev–Trinajstić information content (AvgIpc) is 2.45. The van der Waals surface area contributed by atoms with Crippen LogP contribution in [0.5, 0.6) is 11.5 Å². The van der Waals surface area contributed by atoms with E-state index >= 15 is 0 Å². The fraction of sp³-hybridized carbons (Fsp3) is 0.562. The number of carbonyl (C=O) groups excluding carboxylic acids is 1. The number of amides is 1. The van der Waals surface area contributed by atoms with Gasteiger partial charge < -0.3 is 20.1 Å². The van der Waals surface area contributed by atoms with Gasteiger partial charge in [-0.1, -0.05) is 13.8 Å². The van der Waals surface area contributed by atoms with Crippen molar-refractivity contribution in [2.45, 2.75) is 26.8 Å². The van der Waals surface area contributed by atoms with Crippen LogP contribution in [0, 0.1) is 5.92 Å². The molecular weight excluding hydrogens is 268 g/mol. The summed E-state index contributed by atoms with van der Waals surface area (Å²) in [7, 11) is 3.49. The first-order valence-electron chi connectivity index (χ1n) is 7.27. The average molecular weight is 294 g/mol. The number of hydrogen-bond acceptors (Lipinski definition) is 4. The second-order valence-electron chi connectivity index (χ2n) is 5.33. The molecule has 118 valence electrons. The van der Waals surface area contributed by atoms with Gasteiger partial charge in [0.05, 0.1) is 7.11 Å². The summed E-state index contributed by atoms with van der Waals surface area (Å²) in [5.41, 5.74) is 0.965. The summed E-state index contributed by atoms with van der Waals surface area (Å²) >= 11 is 0. The van der Waals surface area contributed by atoms with Gasteiger partial charge in [0.1, 0.15) is 11.5 Å². The topological polar surface area (TPSA) is 59.6 Å². The molecule has 5 nitrogen and oxygen atoms in total. The third kappa shape index (κ3) is 6.49. The largest absolute Gasteiger partial charge is 0.497 e. The van der Waals surface area contributed by atoms with Crippen LogP contribution in [0.1, 0.15) is 25.8 Å². The maximum Gasteiger partial charge on any atom is 0.257 e. The van der Waals surface area contributed by atoms with Gasteiger partial charge in [-0.05, 0) is 37.6 Å². The third-order valence-electron chi connectivity index (χ3n) is 3.04. The highest BCUT2D eigenvalue weighted by Crippen LogP contribution is 2.24. The van der Waals surface area contributed by atoms with Gasteiger partial charge in [-0.25, -0.2) is 0 Å². The second-order valence-corrected chi connectivity index (χ2v) is 5.33. The normalized spacial score (nSPS) is 10.5. The molecule has 0 aliphatic heterocycles. The molecule has 0 radical (unpaired) electrons. The van der Waals surface area contributed by atoms with Gasteiger partial charge in [0.15, 0.2) is 6.61 Å². The van der Waals surface area contributed by atoms with Crippen LogP contribution < -0.4 is 20.1 Å². The minimum Gasteiger partial charge on any atom is -0.497 e. The quantitative estimate of drug-likeness (QED) is 0.731. The molecule has 21 heavy (non-hydrogen) atoms. The summed E-state index contributed by atoms with van der Waals surface area (Å²) < 4.78 is 10.8. The Morgan fingerprint density at radius 3 is 2.71 bits per heavy atom. The van der Waals surface area contributed by atoms with Crippen molar-refractivity contribution in [3.63, 3.8) is 0 Å². The molecule has 0 saturated carbocycles. The molecule has 0 unspecified atom stereocenters. The van der Waals surface area contributed by atoms with Crippen molar-refractivity contribution < 1.29 is 14.3 Å². The van der Waals surface area contributed by atoms with Gasteiger partial charge >= 0.3 is 0 Å². The minimum absolute atomic E-state index is 0.0289. The van der Waals surface area contributed by atoms with Crippen molar-refractivity contribution in [3.8, 4) is 11.5 Å². The molecule has 1 aromatic carbocycles. The maximum absolute atomic E-state index is 11.7. The maximum atomic E-state index is 11.7. The summed E-state index contributed by atoms with van der Waals surface area (Å²) in [6, 6.07) is 5.56. The minimum atomic E-state index is -0.0955. The Kier molecular flexibility index (Phi) is 7.61. The predicted octanol–water partition coefficient (Wildman–Crippen LogP) is 1.96. The second kappa shape index (κ2) is 9.23. The van der Waals surface area contributed by atoms with E-state index in [9.17, 15) is 4.79 Å². The zero-order valence-corrected chi connectivity index (χ0v) is 13.4. The Labute approximate surface area is 127 Å². The summed E-state index contributed by atoms with van der Waals surface area (Å²) in [4.78, 5) is 11.7. The molecule has 0 bridgehead atoms. The lowest BCUT2D eigenvalue weighted by Crippen LogP contribution is -2.30. The highest BCUT2D eigenvalue weighted by atomic mass is 16.5. The lowest BCUT2D eigenvalue weighted by molar-refractivity contribution is -0.123. The molecule has 0 heterocycles. The Balaban J connectivity index is 2.52. The monoisotopic (exact) mass is 294 g/mol. The summed E-state index contributed by atoms with van der Waals surface area (Å²) in [6.45, 7) is 5.63. The van der Waals surface area contributed by atoms with Crippen molar-refractivity contribution in [2.24, 2.45) is 5.92 Å². The van der Waals surface area contributed by atoms with Crippen LogP contribution in [0.25, 0.3) is 0 Å². The standard InChI is InChI=1S/C16H26N2O3/c1-12(2)7-8-18-16(19)11-21-15-6-5-14(20-4)9-13(15)10-17-3/h5-6,9,12,17H,7-8,10-11H2,1-4H3,(H,18,19). The molecule has 0 atom stereocenters. The van der Waals surface area contributed by atoms with Gasteiger partial charge in [-0.15, -0.1) is 0 Å². The molecule has 0 aliphatic rings. The first kappa shape index (κ1) is 17.3. The molecular formula is C16H26N2O3. The Morgan fingerprint density at radius 2 is 2.10 bits per heavy atom. The molecule has 1 rings (SSSR count). The van der Waals surface area contributed by atoms with Gasteiger partial charge in [-0.3, -0.25) is 4.79 Å². The lowest BCUT2D eigenvalue weighted by atomic mass is 10.1. The van der Waals surface area contributed by atoms with Crippen LogP contribution in [0.3, 0.4) is 0 Å². The molecule has 5 heteroatoms. The highest BCUT2D eigenvalue weighted by Gasteiger charge is 2.08. The third-order valence-corrected chi connectivity index (χ3v) is 3.04. The SMILES string of the molecule is CNCc1cc(OC)ccc1OCC(=O)NCCC(C)C. The summed E-state index contributed by atoms with van der Waals surface area (Å²) in [6.07, 6.45) is 0.972. The van der Waals surface area contributed by atoms with Gasteiger partial charge in [0.25, 0.3) is 5.91 Å². The number of carbonyl (C=O) groups is 1. The Hall–Kier alpha value is -1.75. The fourth-order valence-corrected chi connectivity index (χ4v) is 1.85. The van der Waals surface area contributed by atoms with Crippen molar-refractivity contribution in [1.29, 1.82) is 0 Å². The van der Waals surface area contributed by atoms with E-state index in [2.05, 4.69) is 24.5 Å². The number of rotatable bonds is 9. The van der Waals surface area contributed by atoms with Crippen molar-refractivity contribution >= 4 is 5.91 Å². The zero-order chi connectivity index (χ0) is 15.7. The van der Waals surface area contributed by atoms with Crippen LogP contribution in [0.2, 0.25) is 0 Å². The van der Waals surface area contributed by atoms with E-state index in [4.69, 9.17) is 9.47 Å². The first-order chi connectivity index (χ1) is 10.1.